The first-order valence-corrected chi connectivity index (χ1v) is 4.01. The Hall–Kier alpha value is -1.42. The van der Waals surface area contributed by atoms with Crippen molar-refractivity contribution in [2.24, 2.45) is 0 Å². The third kappa shape index (κ3) is 2.83. The number of amides is 1. The topological polar surface area (TPSA) is 62.2 Å². The molecule has 70 valence electrons. The van der Waals surface area contributed by atoms with E-state index in [9.17, 15) is 4.79 Å². The van der Waals surface area contributed by atoms with Crippen molar-refractivity contribution in [2.45, 2.75) is 20.0 Å². The molecule has 0 radical (unpaired) electrons. The van der Waals surface area contributed by atoms with E-state index in [0.29, 0.717) is 5.82 Å². The number of aryl methyl sites for hydroxylation is 1. The molecule has 0 bridgehead atoms. The van der Waals surface area contributed by atoms with E-state index in [4.69, 9.17) is 5.11 Å². The highest BCUT2D eigenvalue weighted by molar-refractivity contribution is 5.92. The molecule has 0 spiro atoms. The molecule has 1 amide bonds. The van der Waals surface area contributed by atoms with Crippen molar-refractivity contribution in [3.63, 3.8) is 0 Å². The van der Waals surface area contributed by atoms with Gasteiger partial charge < -0.3 is 10.4 Å². The van der Waals surface area contributed by atoms with Gasteiger partial charge in [0.2, 0.25) is 0 Å². The van der Waals surface area contributed by atoms with E-state index in [-0.39, 0.29) is 0 Å². The number of rotatable bonds is 2. The van der Waals surface area contributed by atoms with Gasteiger partial charge in [0.1, 0.15) is 11.9 Å². The zero-order chi connectivity index (χ0) is 9.84. The molecule has 1 rings (SSSR count). The number of aliphatic hydroxyl groups excluding tert-OH is 1. The molecule has 1 unspecified atom stereocenters. The number of nitrogens with one attached hydrogen (secondary N) is 1. The predicted octanol–water partition coefficient (Wildman–Crippen LogP) is 0.709. The molecule has 0 saturated carbocycles. The van der Waals surface area contributed by atoms with Crippen LogP contribution in [0.25, 0.3) is 0 Å². The van der Waals surface area contributed by atoms with Crippen molar-refractivity contribution < 1.29 is 9.90 Å². The molecule has 0 fully saturated rings. The van der Waals surface area contributed by atoms with Gasteiger partial charge in [0.05, 0.1) is 0 Å². The fraction of sp³-hybridized carbons (Fsp3) is 0.333. The van der Waals surface area contributed by atoms with Crippen LogP contribution in [0.4, 0.5) is 5.82 Å². The number of carbonyl (C=O) groups is 1. The Morgan fingerprint density at radius 2 is 2.31 bits per heavy atom. The first-order valence-electron chi connectivity index (χ1n) is 4.01. The third-order valence-electron chi connectivity index (χ3n) is 1.54. The van der Waals surface area contributed by atoms with Crippen LogP contribution in [-0.4, -0.2) is 22.1 Å². The van der Waals surface area contributed by atoms with Gasteiger partial charge in [0.15, 0.2) is 0 Å². The Kier molecular flexibility index (Phi) is 2.97. The lowest BCUT2D eigenvalue weighted by atomic mass is 10.3. The van der Waals surface area contributed by atoms with Gasteiger partial charge >= 0.3 is 0 Å². The van der Waals surface area contributed by atoms with Gasteiger partial charge in [-0.25, -0.2) is 4.98 Å². The minimum absolute atomic E-state index is 0.448. The Morgan fingerprint density at radius 3 is 2.77 bits per heavy atom. The molecule has 1 aromatic heterocycles. The lowest BCUT2D eigenvalue weighted by molar-refractivity contribution is -0.123. The van der Waals surface area contributed by atoms with Gasteiger partial charge in [-0.2, -0.15) is 0 Å². The van der Waals surface area contributed by atoms with Crippen molar-refractivity contribution in [3.8, 4) is 0 Å². The molecule has 1 aromatic rings. The van der Waals surface area contributed by atoms with Gasteiger partial charge in [-0.3, -0.25) is 4.79 Å². The van der Waals surface area contributed by atoms with E-state index in [0.717, 1.165) is 5.56 Å². The lowest BCUT2D eigenvalue weighted by Crippen LogP contribution is -2.24. The molecule has 0 aliphatic rings. The average molecular weight is 180 g/mol. The van der Waals surface area contributed by atoms with E-state index >= 15 is 0 Å². The molecule has 0 aliphatic heterocycles. The van der Waals surface area contributed by atoms with E-state index in [1.54, 1.807) is 12.3 Å². The summed E-state index contributed by atoms with van der Waals surface area (Å²) in [7, 11) is 0. The Labute approximate surface area is 76.6 Å². The first kappa shape index (κ1) is 9.67. The number of pyridine rings is 1. The monoisotopic (exact) mass is 180 g/mol. The summed E-state index contributed by atoms with van der Waals surface area (Å²) < 4.78 is 0. The molecule has 0 aromatic carbocycles. The number of carbonyl (C=O) groups excluding carboxylic acids is 1. The average Bonchev–Trinajstić information content (AvgIpc) is 2.08. The van der Waals surface area contributed by atoms with E-state index in [1.165, 1.54) is 6.92 Å². The number of anilines is 1. The largest absolute Gasteiger partial charge is 0.384 e. The molecule has 13 heavy (non-hydrogen) atoms. The van der Waals surface area contributed by atoms with Crippen LogP contribution >= 0.6 is 0 Å². The van der Waals surface area contributed by atoms with Crippen LogP contribution in [0.2, 0.25) is 0 Å². The minimum Gasteiger partial charge on any atom is -0.384 e. The van der Waals surface area contributed by atoms with Crippen molar-refractivity contribution in [1.82, 2.24) is 4.98 Å². The summed E-state index contributed by atoms with van der Waals surface area (Å²) in [5, 5.41) is 11.4. The van der Waals surface area contributed by atoms with E-state index in [1.807, 2.05) is 13.0 Å². The number of hydrogen-bond acceptors (Lipinski definition) is 3. The predicted molar refractivity (Wildman–Crippen MR) is 49.3 cm³/mol. The minimum atomic E-state index is -1.01. The number of aliphatic hydroxyl groups is 1. The second-order valence-corrected chi connectivity index (χ2v) is 2.89. The Balaban J connectivity index is 2.65. The third-order valence-corrected chi connectivity index (χ3v) is 1.54. The highest BCUT2D eigenvalue weighted by atomic mass is 16.3. The quantitative estimate of drug-likeness (QED) is 0.704. The molecule has 4 nitrogen and oxygen atoms in total. The number of hydrogen-bond donors (Lipinski definition) is 2. The molecule has 1 atom stereocenters. The number of nitrogens with zero attached hydrogens (tertiary/aromatic N) is 1. The summed E-state index contributed by atoms with van der Waals surface area (Å²) in [6.45, 7) is 3.32. The number of aromatic nitrogens is 1. The summed E-state index contributed by atoms with van der Waals surface area (Å²) in [4.78, 5) is 15.0. The smallest absolute Gasteiger partial charge is 0.254 e. The summed E-state index contributed by atoms with van der Waals surface area (Å²) in [6.07, 6.45) is 0.639. The maximum atomic E-state index is 11.0. The second-order valence-electron chi connectivity index (χ2n) is 2.89. The van der Waals surface area contributed by atoms with Gasteiger partial charge in [-0.05, 0) is 25.5 Å². The molecule has 1 heterocycles. The van der Waals surface area contributed by atoms with E-state index in [2.05, 4.69) is 10.3 Å². The Morgan fingerprint density at radius 1 is 1.62 bits per heavy atom. The molecule has 2 N–H and O–H groups in total. The summed E-state index contributed by atoms with van der Waals surface area (Å²) in [5.74, 6) is 0.00727. The summed E-state index contributed by atoms with van der Waals surface area (Å²) >= 11 is 0. The molecular formula is C9H12N2O2. The van der Waals surface area contributed by atoms with Crippen molar-refractivity contribution >= 4 is 11.7 Å². The van der Waals surface area contributed by atoms with Crippen LogP contribution in [0.3, 0.4) is 0 Å². The van der Waals surface area contributed by atoms with Crippen LogP contribution < -0.4 is 5.32 Å². The highest BCUT2D eigenvalue weighted by Gasteiger charge is 2.08. The highest BCUT2D eigenvalue weighted by Crippen LogP contribution is 2.03. The van der Waals surface area contributed by atoms with Crippen molar-refractivity contribution in [2.75, 3.05) is 5.32 Å². The lowest BCUT2D eigenvalue weighted by Gasteiger charge is -2.05. The molecule has 0 aliphatic carbocycles. The summed E-state index contributed by atoms with van der Waals surface area (Å²) in [5.41, 5.74) is 1.02. The van der Waals surface area contributed by atoms with Crippen LogP contribution in [0.1, 0.15) is 12.5 Å². The standard InChI is InChI=1S/C9H12N2O2/c1-6-3-4-8(10-5-6)11-9(13)7(2)12/h3-5,7,12H,1-2H3,(H,10,11,13). The van der Waals surface area contributed by atoms with Gasteiger partial charge in [-0.15, -0.1) is 0 Å². The fourth-order valence-electron chi connectivity index (χ4n) is 0.772. The molecule has 4 heteroatoms. The van der Waals surface area contributed by atoms with Crippen LogP contribution in [0.15, 0.2) is 18.3 Å². The zero-order valence-electron chi connectivity index (χ0n) is 7.61. The van der Waals surface area contributed by atoms with Crippen LogP contribution in [-0.2, 0) is 4.79 Å². The van der Waals surface area contributed by atoms with Crippen LogP contribution in [0, 0.1) is 6.92 Å². The van der Waals surface area contributed by atoms with Crippen molar-refractivity contribution in [3.05, 3.63) is 23.9 Å². The summed E-state index contributed by atoms with van der Waals surface area (Å²) in [6, 6.07) is 3.53. The molecule has 0 saturated heterocycles. The van der Waals surface area contributed by atoms with Gasteiger partial charge in [0, 0.05) is 6.20 Å². The zero-order valence-corrected chi connectivity index (χ0v) is 7.61. The van der Waals surface area contributed by atoms with E-state index < -0.39 is 12.0 Å². The Bertz CT molecular complexity index is 293. The maximum Gasteiger partial charge on any atom is 0.254 e. The van der Waals surface area contributed by atoms with Crippen molar-refractivity contribution in [1.29, 1.82) is 0 Å². The normalized spacial score (nSPS) is 12.2. The molecular weight excluding hydrogens is 168 g/mol. The SMILES string of the molecule is Cc1ccc(NC(=O)C(C)O)nc1. The van der Waals surface area contributed by atoms with Gasteiger partial charge in [0.25, 0.3) is 5.91 Å². The fourth-order valence-corrected chi connectivity index (χ4v) is 0.772. The maximum absolute atomic E-state index is 11.0. The van der Waals surface area contributed by atoms with Gasteiger partial charge in [-0.1, -0.05) is 6.07 Å². The van der Waals surface area contributed by atoms with Crippen LogP contribution in [0.5, 0.6) is 0 Å². The first-order chi connectivity index (χ1) is 6.09. The second kappa shape index (κ2) is 4.00.